The Hall–Kier alpha value is -0.0831. The second kappa shape index (κ2) is 4.42. The van der Waals surface area contributed by atoms with Crippen LogP contribution in [0.1, 0.15) is 19.8 Å². The molecular formula is C11H23NSi. The summed E-state index contributed by atoms with van der Waals surface area (Å²) in [6.07, 6.45) is 2.80. The SMILES string of the molecule is C=C(C)[Si](C)(C)CCCN1CCC1. The molecular weight excluding hydrogens is 174 g/mol. The van der Waals surface area contributed by atoms with Crippen molar-refractivity contribution in [3.8, 4) is 0 Å². The maximum absolute atomic E-state index is 4.11. The molecule has 0 amide bonds. The summed E-state index contributed by atoms with van der Waals surface area (Å²) in [5.41, 5.74) is 0. The summed E-state index contributed by atoms with van der Waals surface area (Å²) in [7, 11) is -1.06. The molecule has 0 atom stereocenters. The molecule has 0 aromatic rings. The first-order valence-corrected chi connectivity index (χ1v) is 8.61. The van der Waals surface area contributed by atoms with Crippen LogP contribution in [-0.2, 0) is 0 Å². The number of nitrogens with zero attached hydrogens (tertiary/aromatic N) is 1. The number of rotatable bonds is 5. The van der Waals surface area contributed by atoms with Crippen molar-refractivity contribution >= 4 is 8.07 Å². The minimum Gasteiger partial charge on any atom is -0.303 e. The molecule has 1 aliphatic rings. The monoisotopic (exact) mass is 197 g/mol. The quantitative estimate of drug-likeness (QED) is 0.613. The van der Waals surface area contributed by atoms with Gasteiger partial charge in [-0.3, -0.25) is 0 Å². The zero-order valence-electron chi connectivity index (χ0n) is 9.40. The van der Waals surface area contributed by atoms with Crippen LogP contribution in [0.2, 0.25) is 19.1 Å². The van der Waals surface area contributed by atoms with E-state index in [9.17, 15) is 0 Å². The van der Waals surface area contributed by atoms with Gasteiger partial charge in [-0.05, 0) is 39.4 Å². The maximum Gasteiger partial charge on any atom is 0.0743 e. The molecule has 1 rings (SSSR count). The van der Waals surface area contributed by atoms with Crippen LogP contribution in [0.15, 0.2) is 11.8 Å². The average molecular weight is 197 g/mol. The summed E-state index contributed by atoms with van der Waals surface area (Å²) >= 11 is 0. The molecule has 0 aliphatic carbocycles. The fourth-order valence-corrected chi connectivity index (χ4v) is 3.03. The zero-order chi connectivity index (χ0) is 9.90. The van der Waals surface area contributed by atoms with Crippen LogP contribution in [0, 0.1) is 0 Å². The molecule has 1 saturated heterocycles. The third-order valence-corrected chi connectivity index (χ3v) is 7.29. The van der Waals surface area contributed by atoms with Gasteiger partial charge in [-0.25, -0.2) is 0 Å². The standard InChI is InChI=1S/C11H23NSi/c1-11(2)13(3,4)10-6-9-12-7-5-8-12/h1,5-10H2,2-4H3. The van der Waals surface area contributed by atoms with E-state index in [1.165, 1.54) is 43.7 Å². The van der Waals surface area contributed by atoms with Gasteiger partial charge in [0.05, 0.1) is 8.07 Å². The van der Waals surface area contributed by atoms with E-state index >= 15 is 0 Å². The smallest absolute Gasteiger partial charge is 0.0743 e. The van der Waals surface area contributed by atoms with Gasteiger partial charge >= 0.3 is 0 Å². The molecule has 0 radical (unpaired) electrons. The third-order valence-electron chi connectivity index (χ3n) is 3.38. The van der Waals surface area contributed by atoms with E-state index in [4.69, 9.17) is 0 Å². The molecule has 0 spiro atoms. The van der Waals surface area contributed by atoms with Gasteiger partial charge < -0.3 is 4.90 Å². The largest absolute Gasteiger partial charge is 0.303 e. The highest BCUT2D eigenvalue weighted by atomic mass is 28.3. The topological polar surface area (TPSA) is 3.24 Å². The lowest BCUT2D eigenvalue weighted by atomic mass is 10.2. The molecule has 1 nitrogen and oxygen atoms in total. The molecule has 0 aromatic heterocycles. The van der Waals surface area contributed by atoms with Crippen LogP contribution in [-0.4, -0.2) is 32.6 Å². The number of likely N-dealkylation sites (tertiary alicyclic amines) is 1. The van der Waals surface area contributed by atoms with Gasteiger partial charge in [0.25, 0.3) is 0 Å². The fraction of sp³-hybridized carbons (Fsp3) is 0.818. The Morgan fingerprint density at radius 3 is 2.38 bits per heavy atom. The molecule has 1 aliphatic heterocycles. The van der Waals surface area contributed by atoms with Crippen LogP contribution < -0.4 is 0 Å². The highest BCUT2D eigenvalue weighted by molar-refractivity contribution is 6.84. The van der Waals surface area contributed by atoms with Gasteiger partial charge in [0.2, 0.25) is 0 Å². The van der Waals surface area contributed by atoms with E-state index < -0.39 is 8.07 Å². The predicted octanol–water partition coefficient (Wildman–Crippen LogP) is 2.91. The summed E-state index contributed by atoms with van der Waals surface area (Å²) in [4.78, 5) is 2.56. The van der Waals surface area contributed by atoms with E-state index in [0.29, 0.717) is 0 Å². The molecule has 0 aromatic carbocycles. The Bertz CT molecular complexity index is 183. The van der Waals surface area contributed by atoms with Crippen molar-refractivity contribution in [2.45, 2.75) is 38.9 Å². The Morgan fingerprint density at radius 2 is 2.00 bits per heavy atom. The first-order valence-electron chi connectivity index (χ1n) is 5.41. The Kier molecular flexibility index (Phi) is 3.74. The predicted molar refractivity (Wildman–Crippen MR) is 62.8 cm³/mol. The van der Waals surface area contributed by atoms with E-state index in [1.807, 2.05) is 0 Å². The van der Waals surface area contributed by atoms with Gasteiger partial charge in [-0.1, -0.05) is 24.3 Å². The highest BCUT2D eigenvalue weighted by Gasteiger charge is 2.22. The maximum atomic E-state index is 4.11. The summed E-state index contributed by atoms with van der Waals surface area (Å²) in [5.74, 6) is 0. The van der Waals surface area contributed by atoms with Crippen LogP contribution in [0.3, 0.4) is 0 Å². The van der Waals surface area contributed by atoms with Crippen LogP contribution >= 0.6 is 0 Å². The Balaban J connectivity index is 2.13. The van der Waals surface area contributed by atoms with Gasteiger partial charge in [0.15, 0.2) is 0 Å². The Labute approximate surface area is 83.8 Å². The second-order valence-corrected chi connectivity index (χ2v) is 10.1. The lowest BCUT2D eigenvalue weighted by molar-refractivity contribution is 0.182. The first-order chi connectivity index (χ1) is 6.02. The molecule has 0 unspecified atom stereocenters. The fourth-order valence-electron chi connectivity index (χ4n) is 1.56. The van der Waals surface area contributed by atoms with Crippen LogP contribution in [0.5, 0.6) is 0 Å². The van der Waals surface area contributed by atoms with Crippen molar-refractivity contribution in [2.75, 3.05) is 19.6 Å². The molecule has 0 N–H and O–H groups in total. The van der Waals surface area contributed by atoms with Crippen molar-refractivity contribution < 1.29 is 0 Å². The summed E-state index contributed by atoms with van der Waals surface area (Å²) in [6.45, 7) is 15.2. The minimum atomic E-state index is -1.06. The molecule has 76 valence electrons. The van der Waals surface area contributed by atoms with Crippen molar-refractivity contribution in [2.24, 2.45) is 0 Å². The molecule has 2 heteroatoms. The van der Waals surface area contributed by atoms with E-state index in [-0.39, 0.29) is 0 Å². The van der Waals surface area contributed by atoms with Crippen molar-refractivity contribution in [1.82, 2.24) is 4.90 Å². The lowest BCUT2D eigenvalue weighted by Gasteiger charge is -2.32. The van der Waals surface area contributed by atoms with Gasteiger partial charge in [0, 0.05) is 0 Å². The second-order valence-electron chi connectivity index (χ2n) is 4.96. The number of hydrogen-bond donors (Lipinski definition) is 0. The first kappa shape index (κ1) is 11.0. The zero-order valence-corrected chi connectivity index (χ0v) is 10.4. The van der Waals surface area contributed by atoms with E-state index in [0.717, 1.165) is 0 Å². The molecule has 0 saturated carbocycles. The van der Waals surface area contributed by atoms with Crippen molar-refractivity contribution in [1.29, 1.82) is 0 Å². The summed E-state index contributed by atoms with van der Waals surface area (Å²) < 4.78 is 0. The molecule has 1 heterocycles. The normalized spacial score (nSPS) is 18.4. The van der Waals surface area contributed by atoms with Crippen LogP contribution in [0.25, 0.3) is 0 Å². The minimum absolute atomic E-state index is 1.06. The highest BCUT2D eigenvalue weighted by Crippen LogP contribution is 2.20. The summed E-state index contributed by atoms with van der Waals surface area (Å²) in [5, 5.41) is 1.45. The third kappa shape index (κ3) is 3.28. The molecule has 1 fully saturated rings. The van der Waals surface area contributed by atoms with Crippen LogP contribution in [0.4, 0.5) is 0 Å². The molecule has 0 bridgehead atoms. The average Bonchev–Trinajstić information content (AvgIpc) is 1.94. The summed E-state index contributed by atoms with van der Waals surface area (Å²) in [6, 6.07) is 1.42. The Morgan fingerprint density at radius 1 is 1.38 bits per heavy atom. The van der Waals surface area contributed by atoms with Gasteiger partial charge in [0.1, 0.15) is 0 Å². The lowest BCUT2D eigenvalue weighted by Crippen LogP contribution is -2.38. The van der Waals surface area contributed by atoms with E-state index in [1.54, 1.807) is 0 Å². The molecule has 13 heavy (non-hydrogen) atoms. The van der Waals surface area contributed by atoms with Crippen molar-refractivity contribution in [3.63, 3.8) is 0 Å². The number of allylic oxidation sites excluding steroid dienone is 1. The van der Waals surface area contributed by atoms with Gasteiger partial charge in [-0.2, -0.15) is 0 Å². The van der Waals surface area contributed by atoms with Crippen molar-refractivity contribution in [3.05, 3.63) is 11.8 Å². The van der Waals surface area contributed by atoms with E-state index in [2.05, 4.69) is 31.5 Å². The van der Waals surface area contributed by atoms with Gasteiger partial charge in [-0.15, -0.1) is 6.58 Å². The number of hydrogen-bond acceptors (Lipinski definition) is 1.